The first-order valence-electron chi connectivity index (χ1n) is 4.62. The van der Waals surface area contributed by atoms with Crippen LogP contribution in [0.4, 0.5) is 19.0 Å². The number of nitrogens with one attached hydrogen (secondary N) is 1. The molecule has 0 radical (unpaired) electrons. The molecule has 0 atom stereocenters. The Bertz CT molecular complexity index is 407. The Kier molecular flexibility index (Phi) is 4.09. The van der Waals surface area contributed by atoms with Gasteiger partial charge in [-0.25, -0.2) is 4.98 Å². The van der Waals surface area contributed by atoms with E-state index >= 15 is 0 Å². The van der Waals surface area contributed by atoms with Gasteiger partial charge in [-0.05, 0) is 25.4 Å². The molecule has 0 saturated carbocycles. The van der Waals surface area contributed by atoms with Crippen molar-refractivity contribution in [2.75, 3.05) is 5.32 Å². The summed E-state index contributed by atoms with van der Waals surface area (Å²) >= 11 is 11.3. The molecule has 0 bridgehead atoms. The van der Waals surface area contributed by atoms with Crippen LogP contribution in [0.1, 0.15) is 20.3 Å². The van der Waals surface area contributed by atoms with Crippen molar-refractivity contribution >= 4 is 29.0 Å². The van der Waals surface area contributed by atoms with Gasteiger partial charge >= 0.3 is 6.18 Å². The summed E-state index contributed by atoms with van der Waals surface area (Å²) in [4.78, 5) is 7.34. The highest BCUT2D eigenvalue weighted by molar-refractivity contribution is 6.33. The van der Waals surface area contributed by atoms with Crippen LogP contribution in [-0.4, -0.2) is 21.7 Å². The van der Waals surface area contributed by atoms with Crippen molar-refractivity contribution in [3.05, 3.63) is 16.5 Å². The topological polar surface area (TPSA) is 37.8 Å². The molecular weight excluding hydrogens is 278 g/mol. The fraction of sp³-hybridized carbons (Fsp3) is 0.556. The van der Waals surface area contributed by atoms with Crippen LogP contribution in [0.3, 0.4) is 0 Å². The van der Waals surface area contributed by atoms with E-state index in [2.05, 4.69) is 15.3 Å². The van der Waals surface area contributed by atoms with Gasteiger partial charge in [0, 0.05) is 5.54 Å². The van der Waals surface area contributed by atoms with Crippen molar-refractivity contribution in [2.45, 2.75) is 32.0 Å². The molecule has 0 aliphatic carbocycles. The fourth-order valence-corrected chi connectivity index (χ4v) is 1.57. The molecule has 0 aliphatic heterocycles. The number of hydrogen-bond donors (Lipinski definition) is 1. The van der Waals surface area contributed by atoms with Crippen molar-refractivity contribution in [3.63, 3.8) is 0 Å². The highest BCUT2D eigenvalue weighted by Crippen LogP contribution is 2.31. The lowest BCUT2D eigenvalue weighted by Crippen LogP contribution is -2.36. The quantitative estimate of drug-likeness (QED) is 0.856. The van der Waals surface area contributed by atoms with Gasteiger partial charge in [-0.15, -0.1) is 0 Å². The molecule has 17 heavy (non-hydrogen) atoms. The molecule has 1 aromatic heterocycles. The molecule has 1 aromatic rings. The summed E-state index contributed by atoms with van der Waals surface area (Å²) in [5.41, 5.74) is -1.24. The number of anilines is 1. The van der Waals surface area contributed by atoms with Crippen LogP contribution >= 0.6 is 23.2 Å². The van der Waals surface area contributed by atoms with Crippen LogP contribution in [0.2, 0.25) is 10.3 Å². The van der Waals surface area contributed by atoms with Crippen LogP contribution in [0, 0.1) is 0 Å². The summed E-state index contributed by atoms with van der Waals surface area (Å²) in [6.45, 7) is 2.79. The van der Waals surface area contributed by atoms with Gasteiger partial charge in [0.2, 0.25) is 5.28 Å². The smallest absolute Gasteiger partial charge is 0.363 e. The van der Waals surface area contributed by atoms with Crippen LogP contribution in [0.15, 0.2) is 6.20 Å². The Balaban J connectivity index is 2.86. The van der Waals surface area contributed by atoms with E-state index in [0.29, 0.717) is 0 Å². The largest absolute Gasteiger partial charge is 0.391 e. The molecule has 0 unspecified atom stereocenters. The lowest BCUT2D eigenvalue weighted by Gasteiger charge is -2.28. The SMILES string of the molecule is CC(C)(CC(F)(F)F)Nc1nc(Cl)ncc1Cl. The summed E-state index contributed by atoms with van der Waals surface area (Å²) in [6, 6.07) is 0. The fourth-order valence-electron chi connectivity index (χ4n) is 1.30. The summed E-state index contributed by atoms with van der Waals surface area (Å²) < 4.78 is 36.9. The monoisotopic (exact) mass is 287 g/mol. The Labute approximate surface area is 106 Å². The molecule has 0 saturated heterocycles. The minimum absolute atomic E-state index is 0.0836. The van der Waals surface area contributed by atoms with Gasteiger partial charge in [-0.1, -0.05) is 11.6 Å². The van der Waals surface area contributed by atoms with E-state index in [-0.39, 0.29) is 16.1 Å². The van der Waals surface area contributed by atoms with Gasteiger partial charge in [0.25, 0.3) is 0 Å². The second-order valence-electron chi connectivity index (χ2n) is 4.14. The number of halogens is 5. The predicted octanol–water partition coefficient (Wildman–Crippen LogP) is 3.93. The average Bonchev–Trinajstić information content (AvgIpc) is 2.06. The average molecular weight is 288 g/mol. The Morgan fingerprint density at radius 3 is 2.41 bits per heavy atom. The second-order valence-corrected chi connectivity index (χ2v) is 4.88. The lowest BCUT2D eigenvalue weighted by molar-refractivity contribution is -0.142. The molecule has 0 aromatic carbocycles. The third kappa shape index (κ3) is 4.95. The molecule has 0 aliphatic rings. The van der Waals surface area contributed by atoms with E-state index in [9.17, 15) is 13.2 Å². The maximum Gasteiger partial charge on any atom is 0.391 e. The minimum Gasteiger partial charge on any atom is -0.363 e. The van der Waals surface area contributed by atoms with Gasteiger partial charge in [0.15, 0.2) is 0 Å². The minimum atomic E-state index is -4.28. The maximum absolute atomic E-state index is 12.3. The predicted molar refractivity (Wildman–Crippen MR) is 60.4 cm³/mol. The molecule has 0 spiro atoms. The van der Waals surface area contributed by atoms with Crippen molar-refractivity contribution in [2.24, 2.45) is 0 Å². The first-order chi connectivity index (χ1) is 7.59. The van der Waals surface area contributed by atoms with Gasteiger partial charge in [-0.3, -0.25) is 0 Å². The maximum atomic E-state index is 12.3. The summed E-state index contributed by atoms with van der Waals surface area (Å²) in [7, 11) is 0. The van der Waals surface area contributed by atoms with Gasteiger partial charge in [0.1, 0.15) is 10.8 Å². The highest BCUT2D eigenvalue weighted by atomic mass is 35.5. The van der Waals surface area contributed by atoms with E-state index in [1.54, 1.807) is 0 Å². The molecule has 1 N–H and O–H groups in total. The summed E-state index contributed by atoms with van der Waals surface area (Å²) in [5.74, 6) is 0.0842. The lowest BCUT2D eigenvalue weighted by atomic mass is 10.0. The van der Waals surface area contributed by atoms with E-state index in [1.165, 1.54) is 20.0 Å². The first-order valence-corrected chi connectivity index (χ1v) is 5.38. The molecule has 0 amide bonds. The number of aromatic nitrogens is 2. The summed E-state index contributed by atoms with van der Waals surface area (Å²) in [6.07, 6.45) is -4.07. The van der Waals surface area contributed by atoms with Crippen molar-refractivity contribution in [1.82, 2.24) is 9.97 Å². The zero-order chi connectivity index (χ0) is 13.3. The summed E-state index contributed by atoms with van der Waals surface area (Å²) in [5, 5.41) is 2.63. The molecule has 96 valence electrons. The van der Waals surface area contributed by atoms with E-state index in [4.69, 9.17) is 23.2 Å². The Morgan fingerprint density at radius 1 is 1.29 bits per heavy atom. The number of rotatable bonds is 3. The third-order valence-electron chi connectivity index (χ3n) is 1.81. The van der Waals surface area contributed by atoms with Crippen LogP contribution in [0.25, 0.3) is 0 Å². The number of alkyl halides is 3. The Hall–Kier alpha value is -0.750. The van der Waals surface area contributed by atoms with Gasteiger partial charge in [-0.2, -0.15) is 18.2 Å². The van der Waals surface area contributed by atoms with Crippen molar-refractivity contribution < 1.29 is 13.2 Å². The second kappa shape index (κ2) is 4.86. The zero-order valence-corrected chi connectivity index (χ0v) is 10.6. The zero-order valence-electron chi connectivity index (χ0n) is 9.07. The molecule has 1 heterocycles. The van der Waals surface area contributed by atoms with E-state index in [0.717, 1.165) is 0 Å². The Morgan fingerprint density at radius 2 is 1.88 bits per heavy atom. The molecule has 0 fully saturated rings. The van der Waals surface area contributed by atoms with Gasteiger partial charge in [0.05, 0.1) is 12.6 Å². The van der Waals surface area contributed by atoms with Crippen LogP contribution in [-0.2, 0) is 0 Å². The van der Waals surface area contributed by atoms with Gasteiger partial charge < -0.3 is 5.32 Å². The van der Waals surface area contributed by atoms with Crippen molar-refractivity contribution in [1.29, 1.82) is 0 Å². The molecule has 1 rings (SSSR count). The number of nitrogens with zero attached hydrogens (tertiary/aromatic N) is 2. The van der Waals surface area contributed by atoms with Crippen molar-refractivity contribution in [3.8, 4) is 0 Å². The molecule has 3 nitrogen and oxygen atoms in total. The normalized spacial score (nSPS) is 12.6. The molecule has 8 heteroatoms. The van der Waals surface area contributed by atoms with E-state index in [1.807, 2.05) is 0 Å². The standard InChI is InChI=1S/C9H10Cl2F3N3/c1-8(2,4-9(12,13)14)17-6-5(10)3-15-7(11)16-6/h3H,4H2,1-2H3,(H,15,16,17). The van der Waals surface area contributed by atoms with Crippen LogP contribution in [0.5, 0.6) is 0 Å². The third-order valence-corrected chi connectivity index (χ3v) is 2.27. The molecular formula is C9H10Cl2F3N3. The highest BCUT2D eigenvalue weighted by Gasteiger charge is 2.36. The number of hydrogen-bond acceptors (Lipinski definition) is 3. The first kappa shape index (κ1) is 14.3. The van der Waals surface area contributed by atoms with Crippen LogP contribution < -0.4 is 5.32 Å². The van der Waals surface area contributed by atoms with E-state index < -0.39 is 18.1 Å².